The lowest BCUT2D eigenvalue weighted by atomic mass is 9.90. The van der Waals surface area contributed by atoms with Crippen molar-refractivity contribution >= 4 is 0 Å². The van der Waals surface area contributed by atoms with Gasteiger partial charge in [0.15, 0.2) is 0 Å². The average molecular weight is 235 g/mol. The minimum atomic E-state index is -0.0699. The topological polar surface area (TPSA) is 55.5 Å². The number of rotatable bonds is 5. The lowest BCUT2D eigenvalue weighted by Crippen LogP contribution is -2.25. The van der Waals surface area contributed by atoms with E-state index in [1.807, 2.05) is 26.0 Å². The first kappa shape index (κ1) is 12.4. The normalized spacial score (nSPS) is 18.8. The molecule has 1 aromatic carbocycles. The lowest BCUT2D eigenvalue weighted by molar-refractivity contribution is 0.187. The van der Waals surface area contributed by atoms with E-state index in [1.165, 1.54) is 0 Å². The molecular formula is C14H21NO2. The highest BCUT2D eigenvalue weighted by Crippen LogP contribution is 2.53. The first-order valence-electron chi connectivity index (χ1n) is 6.23. The smallest absolute Gasteiger partial charge is 0.122 e. The number of benzene rings is 1. The molecule has 0 saturated heterocycles. The van der Waals surface area contributed by atoms with Crippen molar-refractivity contribution < 1.29 is 9.84 Å². The van der Waals surface area contributed by atoms with Crippen molar-refractivity contribution in [2.24, 2.45) is 11.1 Å². The van der Waals surface area contributed by atoms with E-state index >= 15 is 0 Å². The minimum Gasteiger partial charge on any atom is -0.494 e. The molecule has 0 amide bonds. The van der Waals surface area contributed by atoms with Gasteiger partial charge in [-0.3, -0.25) is 0 Å². The van der Waals surface area contributed by atoms with Crippen LogP contribution in [0.3, 0.4) is 0 Å². The number of aliphatic hydroxyl groups is 1. The predicted octanol–water partition coefficient (Wildman–Crippen LogP) is 2.17. The molecule has 1 aliphatic carbocycles. The number of aliphatic hydroxyl groups excluding tert-OH is 1. The Morgan fingerprint density at radius 1 is 1.47 bits per heavy atom. The molecule has 1 unspecified atom stereocenters. The van der Waals surface area contributed by atoms with Gasteiger partial charge >= 0.3 is 0 Å². The molecule has 3 nitrogen and oxygen atoms in total. The fraction of sp³-hybridized carbons (Fsp3) is 0.571. The van der Waals surface area contributed by atoms with E-state index in [0.717, 1.165) is 29.7 Å². The van der Waals surface area contributed by atoms with Gasteiger partial charge in [-0.05, 0) is 43.9 Å². The van der Waals surface area contributed by atoms with E-state index < -0.39 is 0 Å². The zero-order valence-electron chi connectivity index (χ0n) is 10.6. The number of aryl methyl sites for hydroxylation is 1. The molecule has 0 bridgehead atoms. The maximum atomic E-state index is 9.39. The Balaban J connectivity index is 2.19. The van der Waals surface area contributed by atoms with E-state index in [4.69, 9.17) is 10.5 Å². The van der Waals surface area contributed by atoms with Crippen LogP contribution in [-0.2, 0) is 0 Å². The van der Waals surface area contributed by atoms with Crippen molar-refractivity contribution in [2.45, 2.75) is 32.7 Å². The van der Waals surface area contributed by atoms with Crippen LogP contribution >= 0.6 is 0 Å². The molecule has 1 aliphatic rings. The van der Waals surface area contributed by atoms with E-state index in [2.05, 4.69) is 6.07 Å². The van der Waals surface area contributed by atoms with Crippen molar-refractivity contribution in [1.29, 1.82) is 0 Å². The van der Waals surface area contributed by atoms with E-state index in [1.54, 1.807) is 0 Å². The van der Waals surface area contributed by atoms with Gasteiger partial charge in [-0.2, -0.15) is 0 Å². The Bertz CT molecular complexity index is 399. The van der Waals surface area contributed by atoms with Crippen LogP contribution in [0.15, 0.2) is 18.2 Å². The van der Waals surface area contributed by atoms with E-state index in [-0.39, 0.29) is 18.1 Å². The van der Waals surface area contributed by atoms with E-state index in [0.29, 0.717) is 6.61 Å². The van der Waals surface area contributed by atoms with Crippen molar-refractivity contribution in [1.82, 2.24) is 0 Å². The highest BCUT2D eigenvalue weighted by Gasteiger charge is 2.47. The molecule has 94 valence electrons. The van der Waals surface area contributed by atoms with Crippen molar-refractivity contribution in [3.8, 4) is 5.75 Å². The van der Waals surface area contributed by atoms with Crippen LogP contribution in [0, 0.1) is 12.3 Å². The van der Waals surface area contributed by atoms with Crippen LogP contribution < -0.4 is 10.5 Å². The first-order valence-corrected chi connectivity index (χ1v) is 6.23. The first-order chi connectivity index (χ1) is 8.13. The summed E-state index contributed by atoms with van der Waals surface area (Å²) in [5.41, 5.74) is 8.37. The lowest BCUT2D eigenvalue weighted by Gasteiger charge is -2.22. The zero-order valence-corrected chi connectivity index (χ0v) is 10.6. The van der Waals surface area contributed by atoms with Gasteiger partial charge in [-0.15, -0.1) is 0 Å². The van der Waals surface area contributed by atoms with Gasteiger partial charge in [0, 0.05) is 11.5 Å². The van der Waals surface area contributed by atoms with Gasteiger partial charge in [0.25, 0.3) is 0 Å². The Morgan fingerprint density at radius 3 is 2.65 bits per heavy atom. The molecule has 1 fully saturated rings. The van der Waals surface area contributed by atoms with Crippen LogP contribution in [0.2, 0.25) is 0 Å². The number of ether oxygens (including phenoxy) is 1. The number of hydrogen-bond acceptors (Lipinski definition) is 3. The molecule has 0 radical (unpaired) electrons. The predicted molar refractivity (Wildman–Crippen MR) is 68.0 cm³/mol. The maximum Gasteiger partial charge on any atom is 0.122 e. The van der Waals surface area contributed by atoms with Gasteiger partial charge in [-0.25, -0.2) is 0 Å². The third-order valence-electron chi connectivity index (χ3n) is 3.72. The average Bonchev–Trinajstić information content (AvgIpc) is 3.12. The standard InChI is InChI=1S/C14H21NO2/c1-3-17-12-5-4-11(8-10(12)2)13(15)14(9-16)6-7-14/h4-5,8,13,16H,3,6-7,9,15H2,1-2H3. The summed E-state index contributed by atoms with van der Waals surface area (Å²) >= 11 is 0. The number of hydrogen-bond donors (Lipinski definition) is 2. The summed E-state index contributed by atoms with van der Waals surface area (Å²) in [7, 11) is 0. The second kappa shape index (κ2) is 4.67. The minimum absolute atomic E-state index is 0.0677. The Morgan fingerprint density at radius 2 is 2.18 bits per heavy atom. The second-order valence-electron chi connectivity index (χ2n) is 4.96. The van der Waals surface area contributed by atoms with Gasteiger partial charge in [0.1, 0.15) is 5.75 Å². The van der Waals surface area contributed by atoms with Gasteiger partial charge in [0.05, 0.1) is 13.2 Å². The Labute approximate surface area is 103 Å². The summed E-state index contributed by atoms with van der Waals surface area (Å²) in [6.07, 6.45) is 2.05. The maximum absolute atomic E-state index is 9.39. The molecular weight excluding hydrogens is 214 g/mol. The van der Waals surface area contributed by atoms with Crippen molar-refractivity contribution in [3.05, 3.63) is 29.3 Å². The van der Waals surface area contributed by atoms with Crippen molar-refractivity contribution in [2.75, 3.05) is 13.2 Å². The summed E-state index contributed by atoms with van der Waals surface area (Å²) in [6, 6.07) is 5.99. The van der Waals surface area contributed by atoms with Crippen molar-refractivity contribution in [3.63, 3.8) is 0 Å². The molecule has 0 spiro atoms. The van der Waals surface area contributed by atoms with Crippen LogP contribution in [0.25, 0.3) is 0 Å². The Hall–Kier alpha value is -1.06. The number of nitrogens with two attached hydrogens (primary N) is 1. The molecule has 0 aliphatic heterocycles. The molecule has 0 heterocycles. The van der Waals surface area contributed by atoms with Gasteiger partial charge in [-0.1, -0.05) is 12.1 Å². The molecule has 17 heavy (non-hydrogen) atoms. The summed E-state index contributed by atoms with van der Waals surface area (Å²) in [5, 5.41) is 9.39. The summed E-state index contributed by atoms with van der Waals surface area (Å²) in [4.78, 5) is 0. The molecule has 1 aromatic rings. The quantitative estimate of drug-likeness (QED) is 0.822. The Kier molecular flexibility index (Phi) is 3.40. The zero-order chi connectivity index (χ0) is 12.5. The van der Waals surface area contributed by atoms with Gasteiger partial charge < -0.3 is 15.6 Å². The van der Waals surface area contributed by atoms with Gasteiger partial charge in [0.2, 0.25) is 0 Å². The molecule has 3 N–H and O–H groups in total. The third kappa shape index (κ3) is 2.31. The molecule has 1 saturated carbocycles. The molecule has 2 rings (SSSR count). The summed E-state index contributed by atoms with van der Waals surface area (Å²) < 4.78 is 5.51. The largest absolute Gasteiger partial charge is 0.494 e. The van der Waals surface area contributed by atoms with E-state index in [9.17, 15) is 5.11 Å². The highest BCUT2D eigenvalue weighted by molar-refractivity contribution is 5.38. The van der Waals surface area contributed by atoms with Crippen LogP contribution in [0.4, 0.5) is 0 Å². The molecule has 1 atom stereocenters. The highest BCUT2D eigenvalue weighted by atomic mass is 16.5. The third-order valence-corrected chi connectivity index (χ3v) is 3.72. The summed E-state index contributed by atoms with van der Waals surface area (Å²) in [6.45, 7) is 4.86. The van der Waals surface area contributed by atoms with Crippen LogP contribution in [0.1, 0.15) is 36.9 Å². The SMILES string of the molecule is CCOc1ccc(C(N)C2(CO)CC2)cc1C. The summed E-state index contributed by atoms with van der Waals surface area (Å²) in [5.74, 6) is 0.914. The monoisotopic (exact) mass is 235 g/mol. The van der Waals surface area contributed by atoms with Crippen LogP contribution in [0.5, 0.6) is 5.75 Å². The molecule has 3 heteroatoms. The fourth-order valence-corrected chi connectivity index (χ4v) is 2.27. The van der Waals surface area contributed by atoms with Crippen LogP contribution in [-0.4, -0.2) is 18.3 Å². The second-order valence-corrected chi connectivity index (χ2v) is 4.96. The fourth-order valence-electron chi connectivity index (χ4n) is 2.27. The molecule has 0 aromatic heterocycles.